The van der Waals surface area contributed by atoms with Crippen molar-refractivity contribution in [2.45, 2.75) is 32.2 Å². The molecular weight excluding hydrogens is 264 g/mol. The third-order valence-corrected chi connectivity index (χ3v) is 3.50. The summed E-state index contributed by atoms with van der Waals surface area (Å²) in [4.78, 5) is 25.8. The highest BCUT2D eigenvalue weighted by atomic mass is 35.5. The van der Waals surface area contributed by atoms with Crippen LogP contribution in [0.25, 0.3) is 0 Å². The van der Waals surface area contributed by atoms with Gasteiger partial charge in [0.15, 0.2) is 0 Å². The van der Waals surface area contributed by atoms with E-state index in [1.165, 1.54) is 0 Å². The van der Waals surface area contributed by atoms with Crippen molar-refractivity contribution < 1.29 is 9.59 Å². The Labute approximate surface area is 117 Å². The Kier molecular flexibility index (Phi) is 4.43. The topological polar surface area (TPSA) is 49.4 Å². The lowest BCUT2D eigenvalue weighted by Gasteiger charge is -2.24. The Bertz CT molecular complexity index is 490. The van der Waals surface area contributed by atoms with Crippen LogP contribution >= 0.6 is 11.6 Å². The minimum Gasteiger partial charge on any atom is -0.344 e. The van der Waals surface area contributed by atoms with Gasteiger partial charge in [0.2, 0.25) is 11.8 Å². The van der Waals surface area contributed by atoms with Crippen molar-refractivity contribution in [1.82, 2.24) is 5.32 Å². The van der Waals surface area contributed by atoms with Crippen LogP contribution in [0.3, 0.4) is 0 Å². The summed E-state index contributed by atoms with van der Waals surface area (Å²) < 4.78 is 0. The maximum atomic E-state index is 12.5. The number of para-hydroxylation sites is 1. The Morgan fingerprint density at radius 3 is 2.79 bits per heavy atom. The zero-order valence-corrected chi connectivity index (χ0v) is 11.6. The Morgan fingerprint density at radius 1 is 1.37 bits per heavy atom. The van der Waals surface area contributed by atoms with Gasteiger partial charge in [0, 0.05) is 13.0 Å². The van der Waals surface area contributed by atoms with Crippen LogP contribution in [0.1, 0.15) is 26.2 Å². The minimum absolute atomic E-state index is 0.0821. The molecule has 0 aliphatic carbocycles. The second-order valence-electron chi connectivity index (χ2n) is 4.60. The van der Waals surface area contributed by atoms with Gasteiger partial charge in [-0.25, -0.2) is 0 Å². The summed E-state index contributed by atoms with van der Waals surface area (Å²) in [5, 5.41) is 3.30. The Hall–Kier alpha value is -1.55. The van der Waals surface area contributed by atoms with Crippen molar-refractivity contribution in [3.8, 4) is 0 Å². The summed E-state index contributed by atoms with van der Waals surface area (Å²) >= 11 is 6.14. The number of nitrogens with one attached hydrogen (secondary N) is 1. The third-order valence-electron chi connectivity index (χ3n) is 3.18. The first kappa shape index (κ1) is 13.9. The van der Waals surface area contributed by atoms with Gasteiger partial charge in [0.05, 0.1) is 10.7 Å². The molecule has 4 nitrogen and oxygen atoms in total. The second-order valence-corrected chi connectivity index (χ2v) is 5.01. The molecular formula is C14H17ClN2O2. The molecule has 1 aromatic carbocycles. The Balaban J connectivity index is 2.31. The van der Waals surface area contributed by atoms with Gasteiger partial charge >= 0.3 is 0 Å². The van der Waals surface area contributed by atoms with E-state index in [4.69, 9.17) is 11.6 Å². The Morgan fingerprint density at radius 2 is 2.11 bits per heavy atom. The third kappa shape index (κ3) is 3.07. The first-order valence-corrected chi connectivity index (χ1v) is 6.86. The average Bonchev–Trinajstić information content (AvgIpc) is 2.52. The minimum atomic E-state index is -0.448. The molecule has 0 bridgehead atoms. The van der Waals surface area contributed by atoms with Crippen molar-refractivity contribution in [2.24, 2.45) is 0 Å². The van der Waals surface area contributed by atoms with E-state index >= 15 is 0 Å². The monoisotopic (exact) mass is 280 g/mol. The zero-order chi connectivity index (χ0) is 13.8. The maximum Gasteiger partial charge on any atom is 0.249 e. The number of carbonyl (C=O) groups is 2. The van der Waals surface area contributed by atoms with Gasteiger partial charge in [-0.3, -0.25) is 9.59 Å². The molecule has 1 atom stereocenters. The highest BCUT2D eigenvalue weighted by Gasteiger charge is 2.30. The van der Waals surface area contributed by atoms with E-state index in [-0.39, 0.29) is 11.8 Å². The number of anilines is 1. The molecule has 0 radical (unpaired) electrons. The van der Waals surface area contributed by atoms with Gasteiger partial charge in [-0.2, -0.15) is 0 Å². The smallest absolute Gasteiger partial charge is 0.249 e. The summed E-state index contributed by atoms with van der Waals surface area (Å²) in [6.07, 6.45) is 1.79. The van der Waals surface area contributed by atoms with E-state index in [2.05, 4.69) is 5.32 Å². The second kappa shape index (κ2) is 6.06. The van der Waals surface area contributed by atoms with Crippen LogP contribution in [0.15, 0.2) is 24.3 Å². The van der Waals surface area contributed by atoms with Crippen molar-refractivity contribution in [3.63, 3.8) is 0 Å². The number of nitrogens with zero attached hydrogens (tertiary/aromatic N) is 1. The zero-order valence-electron chi connectivity index (χ0n) is 10.9. The van der Waals surface area contributed by atoms with Crippen molar-refractivity contribution in [2.75, 3.05) is 11.4 Å². The van der Waals surface area contributed by atoms with E-state index in [9.17, 15) is 9.59 Å². The molecule has 1 aliphatic heterocycles. The van der Waals surface area contributed by atoms with Crippen LogP contribution in [0, 0.1) is 0 Å². The number of halogens is 1. The molecule has 19 heavy (non-hydrogen) atoms. The maximum absolute atomic E-state index is 12.5. The van der Waals surface area contributed by atoms with Crippen LogP contribution in [0.2, 0.25) is 5.02 Å². The van der Waals surface area contributed by atoms with E-state index in [0.717, 1.165) is 6.42 Å². The predicted molar refractivity (Wildman–Crippen MR) is 75.3 cm³/mol. The molecule has 2 amide bonds. The molecule has 2 rings (SSSR count). The van der Waals surface area contributed by atoms with Crippen LogP contribution < -0.4 is 10.2 Å². The van der Waals surface area contributed by atoms with Crippen LogP contribution in [-0.2, 0) is 9.59 Å². The first-order chi connectivity index (χ1) is 9.13. The summed E-state index contributed by atoms with van der Waals surface area (Å²) in [6, 6.07) is 6.76. The number of carbonyl (C=O) groups excluding carboxylic acids is 2. The van der Waals surface area contributed by atoms with Crippen LogP contribution in [0.5, 0.6) is 0 Å². The first-order valence-electron chi connectivity index (χ1n) is 6.48. The number of amides is 2. The SMILES string of the molecule is CCCC1NC(=O)CCN(c2ccccc2Cl)C1=O. The van der Waals surface area contributed by atoms with E-state index < -0.39 is 6.04 Å². The molecule has 1 aliphatic rings. The standard InChI is InChI=1S/C14H17ClN2O2/c1-2-5-11-14(19)17(9-8-13(18)16-11)12-7-4-3-6-10(12)15/h3-4,6-7,11H,2,5,8-9H2,1H3,(H,16,18). The normalized spacial score (nSPS) is 20.1. The summed E-state index contributed by atoms with van der Waals surface area (Å²) in [6.45, 7) is 2.36. The molecule has 1 saturated heterocycles. The van der Waals surface area contributed by atoms with Crippen molar-refractivity contribution >= 4 is 29.1 Å². The summed E-state index contributed by atoms with van der Waals surface area (Å²) in [5.41, 5.74) is 0.673. The molecule has 0 aromatic heterocycles. The van der Waals surface area contributed by atoms with Gasteiger partial charge in [0.25, 0.3) is 0 Å². The van der Waals surface area contributed by atoms with Gasteiger partial charge in [-0.15, -0.1) is 0 Å². The molecule has 102 valence electrons. The molecule has 0 spiro atoms. The molecule has 1 unspecified atom stereocenters. The number of rotatable bonds is 3. The summed E-state index contributed by atoms with van der Waals surface area (Å²) in [7, 11) is 0. The lowest BCUT2D eigenvalue weighted by molar-refractivity contribution is -0.125. The molecule has 1 N–H and O–H groups in total. The van der Waals surface area contributed by atoms with Gasteiger partial charge < -0.3 is 10.2 Å². The van der Waals surface area contributed by atoms with Gasteiger partial charge in [0.1, 0.15) is 6.04 Å². The van der Waals surface area contributed by atoms with Crippen LogP contribution in [-0.4, -0.2) is 24.4 Å². The van der Waals surface area contributed by atoms with E-state index in [1.54, 1.807) is 17.0 Å². The molecule has 1 aromatic rings. The highest BCUT2D eigenvalue weighted by Crippen LogP contribution is 2.27. The summed E-state index contributed by atoms with van der Waals surface area (Å²) in [5.74, 6) is -0.165. The quantitative estimate of drug-likeness (QED) is 0.924. The predicted octanol–water partition coefficient (Wildman–Crippen LogP) is 2.36. The number of hydrogen-bond acceptors (Lipinski definition) is 2. The van der Waals surface area contributed by atoms with Gasteiger partial charge in [-0.05, 0) is 18.6 Å². The number of benzene rings is 1. The molecule has 1 heterocycles. The molecule has 5 heteroatoms. The van der Waals surface area contributed by atoms with Crippen molar-refractivity contribution in [1.29, 1.82) is 0 Å². The van der Waals surface area contributed by atoms with E-state index in [0.29, 0.717) is 30.1 Å². The van der Waals surface area contributed by atoms with Crippen molar-refractivity contribution in [3.05, 3.63) is 29.3 Å². The number of hydrogen-bond donors (Lipinski definition) is 1. The highest BCUT2D eigenvalue weighted by molar-refractivity contribution is 6.33. The lowest BCUT2D eigenvalue weighted by Crippen LogP contribution is -2.44. The largest absolute Gasteiger partial charge is 0.344 e. The average molecular weight is 281 g/mol. The molecule has 1 fully saturated rings. The lowest BCUT2D eigenvalue weighted by atomic mass is 10.1. The fourth-order valence-corrected chi connectivity index (χ4v) is 2.47. The fraction of sp³-hybridized carbons (Fsp3) is 0.429. The van der Waals surface area contributed by atoms with E-state index in [1.807, 2.05) is 19.1 Å². The van der Waals surface area contributed by atoms with Gasteiger partial charge in [-0.1, -0.05) is 37.1 Å². The molecule has 0 saturated carbocycles. The fourth-order valence-electron chi connectivity index (χ4n) is 2.23. The van der Waals surface area contributed by atoms with Crippen LogP contribution in [0.4, 0.5) is 5.69 Å².